The quantitative estimate of drug-likeness (QED) is 0.590. The molecule has 1 saturated heterocycles. The zero-order chi connectivity index (χ0) is 10.1. The van der Waals surface area contributed by atoms with Gasteiger partial charge in [0.1, 0.15) is 0 Å². The molecule has 1 fully saturated rings. The molecule has 0 saturated carbocycles. The van der Waals surface area contributed by atoms with Crippen LogP contribution in [0.25, 0.3) is 0 Å². The smallest absolute Gasteiger partial charge is 0.236 e. The summed E-state index contributed by atoms with van der Waals surface area (Å²) < 4.78 is 0. The summed E-state index contributed by atoms with van der Waals surface area (Å²) in [4.78, 5) is 24.5. The molecule has 0 aromatic heterocycles. The topological polar surface area (TPSA) is 37.4 Å². The van der Waals surface area contributed by atoms with Crippen molar-refractivity contribution in [2.75, 3.05) is 0 Å². The lowest BCUT2D eigenvalue weighted by atomic mass is 10.1. The van der Waals surface area contributed by atoms with Gasteiger partial charge in [0.25, 0.3) is 0 Å². The molecule has 14 heavy (non-hydrogen) atoms. The molecule has 0 spiro atoms. The molecule has 0 aromatic rings. The van der Waals surface area contributed by atoms with Crippen LogP contribution in [0.4, 0.5) is 0 Å². The SMILES string of the molecule is CC1CC(=O)N(C2=CC=CCC2)C1=O. The molecule has 1 heterocycles. The first-order valence-electron chi connectivity index (χ1n) is 4.92. The normalized spacial score (nSPS) is 27.1. The van der Waals surface area contributed by atoms with Crippen molar-refractivity contribution in [3.8, 4) is 0 Å². The maximum absolute atomic E-state index is 11.7. The molecular weight excluding hydrogens is 178 g/mol. The van der Waals surface area contributed by atoms with E-state index in [-0.39, 0.29) is 17.7 Å². The summed E-state index contributed by atoms with van der Waals surface area (Å²) in [5.41, 5.74) is 0.854. The fourth-order valence-corrected chi connectivity index (χ4v) is 1.86. The molecule has 2 amide bonds. The van der Waals surface area contributed by atoms with Crippen molar-refractivity contribution in [2.45, 2.75) is 26.2 Å². The highest BCUT2D eigenvalue weighted by molar-refractivity contribution is 6.05. The first-order valence-corrected chi connectivity index (χ1v) is 4.92. The van der Waals surface area contributed by atoms with E-state index in [1.165, 1.54) is 4.90 Å². The van der Waals surface area contributed by atoms with Gasteiger partial charge in [-0.3, -0.25) is 14.5 Å². The van der Waals surface area contributed by atoms with Crippen LogP contribution in [-0.2, 0) is 9.59 Å². The van der Waals surface area contributed by atoms with Crippen molar-refractivity contribution in [3.05, 3.63) is 23.9 Å². The van der Waals surface area contributed by atoms with Crippen molar-refractivity contribution in [1.82, 2.24) is 4.90 Å². The molecule has 0 aromatic carbocycles. The van der Waals surface area contributed by atoms with Crippen LogP contribution in [0.1, 0.15) is 26.2 Å². The summed E-state index contributed by atoms with van der Waals surface area (Å²) in [7, 11) is 0. The van der Waals surface area contributed by atoms with Crippen LogP contribution in [0, 0.1) is 5.92 Å². The summed E-state index contributed by atoms with van der Waals surface area (Å²) in [6, 6.07) is 0. The molecule has 3 nitrogen and oxygen atoms in total. The molecule has 0 N–H and O–H groups in total. The van der Waals surface area contributed by atoms with E-state index in [1.54, 1.807) is 6.92 Å². The predicted molar refractivity (Wildman–Crippen MR) is 52.1 cm³/mol. The number of carbonyl (C=O) groups is 2. The highest BCUT2D eigenvalue weighted by Crippen LogP contribution is 2.26. The molecular formula is C11H13NO2. The standard InChI is InChI=1S/C11H13NO2/c1-8-7-10(13)12(11(8)14)9-5-3-2-4-6-9/h2-3,5,8H,4,6-7H2,1H3. The van der Waals surface area contributed by atoms with Crippen molar-refractivity contribution in [3.63, 3.8) is 0 Å². The first-order chi connectivity index (χ1) is 6.70. The largest absolute Gasteiger partial charge is 0.274 e. The number of nitrogens with zero attached hydrogens (tertiary/aromatic N) is 1. The summed E-state index contributed by atoms with van der Waals surface area (Å²) >= 11 is 0. The molecule has 2 aliphatic rings. The Morgan fingerprint density at radius 3 is 2.71 bits per heavy atom. The van der Waals surface area contributed by atoms with Crippen LogP contribution < -0.4 is 0 Å². The summed E-state index contributed by atoms with van der Waals surface area (Å²) in [6.45, 7) is 1.81. The van der Waals surface area contributed by atoms with Crippen molar-refractivity contribution in [2.24, 2.45) is 5.92 Å². The Bertz CT molecular complexity index is 341. The van der Waals surface area contributed by atoms with Gasteiger partial charge in [-0.15, -0.1) is 0 Å². The minimum absolute atomic E-state index is 0.0449. The second kappa shape index (κ2) is 3.40. The van der Waals surface area contributed by atoms with Crippen molar-refractivity contribution in [1.29, 1.82) is 0 Å². The van der Waals surface area contributed by atoms with E-state index < -0.39 is 0 Å². The summed E-state index contributed by atoms with van der Waals surface area (Å²) in [5.74, 6) is -0.241. The first kappa shape index (κ1) is 9.19. The number of amides is 2. The predicted octanol–water partition coefficient (Wildman–Crippen LogP) is 1.62. The van der Waals surface area contributed by atoms with Gasteiger partial charge in [0.15, 0.2) is 0 Å². The maximum Gasteiger partial charge on any atom is 0.236 e. The average Bonchev–Trinajstić information content (AvgIpc) is 2.43. The van der Waals surface area contributed by atoms with Crippen LogP contribution in [0.2, 0.25) is 0 Å². The van der Waals surface area contributed by atoms with Gasteiger partial charge in [-0.05, 0) is 18.9 Å². The average molecular weight is 191 g/mol. The molecule has 1 atom stereocenters. The monoisotopic (exact) mass is 191 g/mol. The lowest BCUT2D eigenvalue weighted by Crippen LogP contribution is -2.29. The third kappa shape index (κ3) is 1.39. The van der Waals surface area contributed by atoms with Gasteiger partial charge in [-0.25, -0.2) is 0 Å². The second-order valence-corrected chi connectivity index (χ2v) is 3.80. The Labute approximate surface area is 83.1 Å². The van der Waals surface area contributed by atoms with Gasteiger partial charge < -0.3 is 0 Å². The van der Waals surface area contributed by atoms with E-state index in [0.717, 1.165) is 18.5 Å². The van der Waals surface area contributed by atoms with E-state index in [0.29, 0.717) is 6.42 Å². The van der Waals surface area contributed by atoms with Crippen molar-refractivity contribution >= 4 is 11.8 Å². The number of likely N-dealkylation sites (tertiary alicyclic amines) is 1. The van der Waals surface area contributed by atoms with E-state index in [1.807, 2.05) is 18.2 Å². The minimum atomic E-state index is -0.144. The van der Waals surface area contributed by atoms with Gasteiger partial charge in [-0.1, -0.05) is 19.1 Å². The second-order valence-electron chi connectivity index (χ2n) is 3.80. The molecule has 74 valence electrons. The van der Waals surface area contributed by atoms with Crippen LogP contribution in [0.15, 0.2) is 23.9 Å². The lowest BCUT2D eigenvalue weighted by molar-refractivity contribution is -0.136. The highest BCUT2D eigenvalue weighted by Gasteiger charge is 2.37. The zero-order valence-electron chi connectivity index (χ0n) is 8.19. The maximum atomic E-state index is 11.7. The zero-order valence-corrected chi connectivity index (χ0v) is 8.19. The van der Waals surface area contributed by atoms with Gasteiger partial charge in [0.05, 0.1) is 0 Å². The molecule has 1 aliphatic heterocycles. The van der Waals surface area contributed by atoms with E-state index >= 15 is 0 Å². The molecule has 2 rings (SSSR count). The summed E-state index contributed by atoms with van der Waals surface area (Å²) in [6.07, 6.45) is 7.87. The van der Waals surface area contributed by atoms with E-state index in [9.17, 15) is 9.59 Å². The number of hydrogen-bond acceptors (Lipinski definition) is 2. The molecule has 0 bridgehead atoms. The number of allylic oxidation sites excluding steroid dienone is 4. The van der Waals surface area contributed by atoms with E-state index in [2.05, 4.69) is 0 Å². The number of rotatable bonds is 1. The van der Waals surface area contributed by atoms with E-state index in [4.69, 9.17) is 0 Å². The Kier molecular flexibility index (Phi) is 2.23. The number of carbonyl (C=O) groups excluding carboxylic acids is 2. The van der Waals surface area contributed by atoms with Gasteiger partial charge in [0, 0.05) is 18.0 Å². The molecule has 1 aliphatic carbocycles. The van der Waals surface area contributed by atoms with Crippen molar-refractivity contribution < 1.29 is 9.59 Å². The van der Waals surface area contributed by atoms with Crippen LogP contribution in [-0.4, -0.2) is 16.7 Å². The Hall–Kier alpha value is -1.38. The van der Waals surface area contributed by atoms with Crippen LogP contribution >= 0.6 is 0 Å². The lowest BCUT2D eigenvalue weighted by Gasteiger charge is -2.19. The van der Waals surface area contributed by atoms with Gasteiger partial charge >= 0.3 is 0 Å². The fourth-order valence-electron chi connectivity index (χ4n) is 1.86. The minimum Gasteiger partial charge on any atom is -0.274 e. The third-order valence-electron chi connectivity index (χ3n) is 2.65. The van der Waals surface area contributed by atoms with Gasteiger partial charge in [-0.2, -0.15) is 0 Å². The molecule has 0 radical (unpaired) electrons. The Morgan fingerprint density at radius 2 is 2.21 bits per heavy atom. The highest BCUT2D eigenvalue weighted by atomic mass is 16.2. The third-order valence-corrected chi connectivity index (χ3v) is 2.65. The molecule has 3 heteroatoms. The Morgan fingerprint density at radius 1 is 1.43 bits per heavy atom. The van der Waals surface area contributed by atoms with Crippen LogP contribution in [0.3, 0.4) is 0 Å². The molecule has 1 unspecified atom stereocenters. The van der Waals surface area contributed by atoms with Crippen LogP contribution in [0.5, 0.6) is 0 Å². The van der Waals surface area contributed by atoms with Gasteiger partial charge in [0.2, 0.25) is 11.8 Å². The number of imide groups is 1. The Balaban J connectivity index is 2.25. The summed E-state index contributed by atoms with van der Waals surface area (Å²) in [5, 5.41) is 0. The fraction of sp³-hybridized carbons (Fsp3) is 0.455. The number of hydrogen-bond donors (Lipinski definition) is 0.